The fourth-order valence-corrected chi connectivity index (χ4v) is 3.22. The van der Waals surface area contributed by atoms with Crippen LogP contribution in [0.15, 0.2) is 0 Å². The Morgan fingerprint density at radius 2 is 1.05 bits per heavy atom. The number of hydrogen-bond donors (Lipinski definition) is 1. The number of hydrogen-bond acceptors (Lipinski definition) is 1. The third kappa shape index (κ3) is 14.7. The van der Waals surface area contributed by atoms with Crippen molar-refractivity contribution < 1.29 is 5.11 Å². The molecule has 21 heavy (non-hydrogen) atoms. The van der Waals surface area contributed by atoms with Gasteiger partial charge in [-0.15, -0.1) is 0 Å². The van der Waals surface area contributed by atoms with Crippen LogP contribution in [0.5, 0.6) is 0 Å². The Bertz CT molecular complexity index is 188. The SMILES string of the molecule is CCCCCCCCCCCCC(CCCCO)C(C)C. The molecule has 1 nitrogen and oxygen atoms in total. The minimum absolute atomic E-state index is 0.364. The van der Waals surface area contributed by atoms with Crippen LogP contribution in [0.3, 0.4) is 0 Å². The third-order valence-electron chi connectivity index (χ3n) is 4.85. The van der Waals surface area contributed by atoms with E-state index < -0.39 is 0 Å². The average molecular weight is 299 g/mol. The first-order valence-corrected chi connectivity index (χ1v) is 9.83. The summed E-state index contributed by atoms with van der Waals surface area (Å²) in [7, 11) is 0. The average Bonchev–Trinajstić information content (AvgIpc) is 2.47. The van der Waals surface area contributed by atoms with Gasteiger partial charge in [0.25, 0.3) is 0 Å². The van der Waals surface area contributed by atoms with Gasteiger partial charge < -0.3 is 5.11 Å². The summed E-state index contributed by atoms with van der Waals surface area (Å²) < 4.78 is 0. The number of aliphatic hydroxyl groups is 1. The van der Waals surface area contributed by atoms with E-state index >= 15 is 0 Å². The minimum Gasteiger partial charge on any atom is -0.396 e. The van der Waals surface area contributed by atoms with Crippen molar-refractivity contribution in [2.24, 2.45) is 11.8 Å². The molecular formula is C20H42O. The van der Waals surface area contributed by atoms with Gasteiger partial charge in [0.15, 0.2) is 0 Å². The normalized spacial score (nSPS) is 13.0. The lowest BCUT2D eigenvalue weighted by atomic mass is 9.86. The Morgan fingerprint density at radius 1 is 0.619 bits per heavy atom. The van der Waals surface area contributed by atoms with Crippen molar-refractivity contribution in [1.29, 1.82) is 0 Å². The number of aliphatic hydroxyl groups excluding tert-OH is 1. The quantitative estimate of drug-likeness (QED) is 0.313. The summed E-state index contributed by atoms with van der Waals surface area (Å²) >= 11 is 0. The van der Waals surface area contributed by atoms with Gasteiger partial charge in [-0.2, -0.15) is 0 Å². The number of unbranched alkanes of at least 4 members (excludes halogenated alkanes) is 10. The van der Waals surface area contributed by atoms with Crippen LogP contribution in [0.2, 0.25) is 0 Å². The molecule has 1 heteroatoms. The molecule has 0 saturated carbocycles. The Kier molecular flexibility index (Phi) is 16.3. The van der Waals surface area contributed by atoms with Crippen LogP contribution in [0, 0.1) is 11.8 Å². The maximum atomic E-state index is 8.88. The minimum atomic E-state index is 0.364. The van der Waals surface area contributed by atoms with E-state index in [1.807, 2.05) is 0 Å². The molecule has 0 aliphatic rings. The van der Waals surface area contributed by atoms with Crippen molar-refractivity contribution in [3.8, 4) is 0 Å². The Hall–Kier alpha value is -0.0400. The molecule has 0 amide bonds. The van der Waals surface area contributed by atoms with Crippen LogP contribution in [-0.4, -0.2) is 11.7 Å². The number of rotatable bonds is 16. The summed E-state index contributed by atoms with van der Waals surface area (Å²) in [4.78, 5) is 0. The van der Waals surface area contributed by atoms with Gasteiger partial charge >= 0.3 is 0 Å². The van der Waals surface area contributed by atoms with E-state index in [1.165, 1.54) is 83.5 Å². The Labute approximate surface area is 134 Å². The molecule has 0 heterocycles. The topological polar surface area (TPSA) is 20.2 Å². The van der Waals surface area contributed by atoms with Gasteiger partial charge in [-0.1, -0.05) is 104 Å². The summed E-state index contributed by atoms with van der Waals surface area (Å²) in [5, 5.41) is 8.88. The van der Waals surface area contributed by atoms with Gasteiger partial charge in [-0.25, -0.2) is 0 Å². The zero-order chi connectivity index (χ0) is 15.8. The molecule has 0 aliphatic heterocycles. The second-order valence-corrected chi connectivity index (χ2v) is 7.19. The zero-order valence-electron chi connectivity index (χ0n) is 15.2. The molecule has 0 spiro atoms. The molecule has 1 unspecified atom stereocenters. The lowest BCUT2D eigenvalue weighted by Crippen LogP contribution is -2.09. The highest BCUT2D eigenvalue weighted by atomic mass is 16.2. The molecule has 0 rings (SSSR count). The largest absolute Gasteiger partial charge is 0.396 e. The van der Waals surface area contributed by atoms with Crippen molar-refractivity contribution in [1.82, 2.24) is 0 Å². The Balaban J connectivity index is 3.37. The van der Waals surface area contributed by atoms with Crippen LogP contribution in [0.4, 0.5) is 0 Å². The van der Waals surface area contributed by atoms with Crippen LogP contribution in [0.25, 0.3) is 0 Å². The highest BCUT2D eigenvalue weighted by molar-refractivity contribution is 4.64. The van der Waals surface area contributed by atoms with Gasteiger partial charge in [0, 0.05) is 6.61 Å². The molecule has 0 fully saturated rings. The van der Waals surface area contributed by atoms with Gasteiger partial charge in [0.1, 0.15) is 0 Å². The van der Waals surface area contributed by atoms with Gasteiger partial charge in [0.2, 0.25) is 0 Å². The van der Waals surface area contributed by atoms with Crippen LogP contribution in [0.1, 0.15) is 111 Å². The highest BCUT2D eigenvalue weighted by Gasteiger charge is 2.12. The van der Waals surface area contributed by atoms with E-state index in [0.717, 1.165) is 18.3 Å². The first-order chi connectivity index (χ1) is 10.2. The van der Waals surface area contributed by atoms with Crippen molar-refractivity contribution in [3.05, 3.63) is 0 Å². The van der Waals surface area contributed by atoms with Crippen molar-refractivity contribution >= 4 is 0 Å². The van der Waals surface area contributed by atoms with E-state index in [4.69, 9.17) is 5.11 Å². The second-order valence-electron chi connectivity index (χ2n) is 7.19. The first-order valence-electron chi connectivity index (χ1n) is 9.83. The highest BCUT2D eigenvalue weighted by Crippen LogP contribution is 2.24. The predicted octanol–water partition coefficient (Wildman–Crippen LogP) is 6.73. The van der Waals surface area contributed by atoms with Crippen molar-refractivity contribution in [2.75, 3.05) is 6.61 Å². The lowest BCUT2D eigenvalue weighted by molar-refractivity contribution is 0.262. The molecule has 0 bridgehead atoms. The van der Waals surface area contributed by atoms with Crippen LogP contribution < -0.4 is 0 Å². The third-order valence-corrected chi connectivity index (χ3v) is 4.85. The molecular weight excluding hydrogens is 256 g/mol. The van der Waals surface area contributed by atoms with Gasteiger partial charge in [-0.3, -0.25) is 0 Å². The molecule has 0 radical (unpaired) electrons. The Morgan fingerprint density at radius 3 is 1.48 bits per heavy atom. The maximum absolute atomic E-state index is 8.88. The van der Waals surface area contributed by atoms with Gasteiger partial charge in [0.05, 0.1) is 0 Å². The van der Waals surface area contributed by atoms with E-state index in [2.05, 4.69) is 20.8 Å². The molecule has 0 aromatic heterocycles. The predicted molar refractivity (Wildman–Crippen MR) is 95.7 cm³/mol. The molecule has 128 valence electrons. The lowest BCUT2D eigenvalue weighted by Gasteiger charge is -2.20. The smallest absolute Gasteiger partial charge is 0.0431 e. The summed E-state index contributed by atoms with van der Waals surface area (Å²) in [6.07, 6.45) is 19.2. The van der Waals surface area contributed by atoms with Crippen molar-refractivity contribution in [3.63, 3.8) is 0 Å². The zero-order valence-corrected chi connectivity index (χ0v) is 15.2. The van der Waals surface area contributed by atoms with E-state index in [0.29, 0.717) is 6.61 Å². The fraction of sp³-hybridized carbons (Fsp3) is 1.00. The monoisotopic (exact) mass is 298 g/mol. The maximum Gasteiger partial charge on any atom is 0.0431 e. The molecule has 1 atom stereocenters. The standard InChI is InChI=1S/C20H42O/c1-4-5-6-7-8-9-10-11-12-13-16-20(19(2)3)17-14-15-18-21/h19-21H,4-18H2,1-3H3. The van der Waals surface area contributed by atoms with Gasteiger partial charge in [-0.05, 0) is 18.3 Å². The summed E-state index contributed by atoms with van der Waals surface area (Å²) in [5.41, 5.74) is 0. The van der Waals surface area contributed by atoms with E-state index in [9.17, 15) is 0 Å². The van der Waals surface area contributed by atoms with E-state index in [-0.39, 0.29) is 0 Å². The fourth-order valence-electron chi connectivity index (χ4n) is 3.22. The summed E-state index contributed by atoms with van der Waals surface area (Å²) in [6.45, 7) is 7.37. The van der Waals surface area contributed by atoms with Crippen LogP contribution in [-0.2, 0) is 0 Å². The first kappa shape index (κ1) is 21.0. The van der Waals surface area contributed by atoms with Crippen molar-refractivity contribution in [2.45, 2.75) is 111 Å². The van der Waals surface area contributed by atoms with Crippen LogP contribution >= 0.6 is 0 Å². The molecule has 0 aliphatic carbocycles. The molecule has 0 aromatic carbocycles. The summed E-state index contributed by atoms with van der Waals surface area (Å²) in [5.74, 6) is 1.69. The summed E-state index contributed by atoms with van der Waals surface area (Å²) in [6, 6.07) is 0. The molecule has 0 aromatic rings. The molecule has 0 saturated heterocycles. The van der Waals surface area contributed by atoms with E-state index in [1.54, 1.807) is 0 Å². The molecule has 1 N–H and O–H groups in total. The second kappa shape index (κ2) is 16.3.